The van der Waals surface area contributed by atoms with Gasteiger partial charge in [-0.3, -0.25) is 14.4 Å². The number of aromatic nitrogens is 1. The van der Waals surface area contributed by atoms with Gasteiger partial charge in [-0.05, 0) is 30.2 Å². The largest absolute Gasteiger partial charge is 0.481 e. The van der Waals surface area contributed by atoms with Crippen LogP contribution in [-0.2, 0) is 20.7 Å². The summed E-state index contributed by atoms with van der Waals surface area (Å²) >= 11 is 1.32. The smallest absolute Gasteiger partial charge is 0.306 e. The number of carbonyl (C=O) groups is 3. The highest BCUT2D eigenvalue weighted by Gasteiger charge is 2.33. The van der Waals surface area contributed by atoms with Gasteiger partial charge in [0.1, 0.15) is 16.8 Å². The van der Waals surface area contributed by atoms with E-state index in [0.717, 1.165) is 12.0 Å². The number of thiazole rings is 1. The van der Waals surface area contributed by atoms with Crippen LogP contribution in [0.3, 0.4) is 0 Å². The highest BCUT2D eigenvalue weighted by Crippen LogP contribution is 2.30. The number of hydrogen-bond donors (Lipinski definition) is 3. The number of nitrogens with one attached hydrogen (secondary N) is 1. The molecule has 0 radical (unpaired) electrons. The summed E-state index contributed by atoms with van der Waals surface area (Å²) in [5, 5.41) is 14.8. The van der Waals surface area contributed by atoms with Crippen LogP contribution in [0, 0.1) is 17.8 Å². The predicted octanol–water partition coefficient (Wildman–Crippen LogP) is 5.09. The first-order valence-corrected chi connectivity index (χ1v) is 15.5. The molecule has 2 aromatic rings. The second-order valence-corrected chi connectivity index (χ2v) is 12.3. The summed E-state index contributed by atoms with van der Waals surface area (Å²) in [4.78, 5) is 44.4. The first-order chi connectivity index (χ1) is 19.9. The first kappa shape index (κ1) is 35.1. The molecule has 0 saturated heterocycles. The minimum atomic E-state index is -0.909. The fourth-order valence-corrected chi connectivity index (χ4v) is 5.69. The molecule has 10 heteroatoms. The molecule has 4 N–H and O–H groups in total. The van der Waals surface area contributed by atoms with Crippen LogP contribution in [-0.4, -0.2) is 64.6 Å². The van der Waals surface area contributed by atoms with Crippen LogP contribution in [0.4, 0.5) is 0 Å². The number of aliphatic carboxylic acids is 1. The van der Waals surface area contributed by atoms with E-state index in [1.807, 2.05) is 44.2 Å². The molecule has 0 aliphatic heterocycles. The maximum Gasteiger partial charge on any atom is 0.306 e. The average Bonchev–Trinajstić information content (AvgIpc) is 3.46. The molecule has 0 saturated carbocycles. The lowest BCUT2D eigenvalue weighted by atomic mass is 9.93. The van der Waals surface area contributed by atoms with E-state index in [1.54, 1.807) is 30.3 Å². The maximum atomic E-state index is 13.3. The highest BCUT2D eigenvalue weighted by molar-refractivity contribution is 7.09. The summed E-state index contributed by atoms with van der Waals surface area (Å²) in [6, 6.07) is 8.51. The van der Waals surface area contributed by atoms with Gasteiger partial charge in [0.2, 0.25) is 5.91 Å². The summed E-state index contributed by atoms with van der Waals surface area (Å²) in [7, 11) is 1.78. The third-order valence-corrected chi connectivity index (χ3v) is 8.71. The number of benzene rings is 1. The topological polar surface area (TPSA) is 135 Å². The van der Waals surface area contributed by atoms with Gasteiger partial charge in [-0.15, -0.1) is 17.9 Å². The van der Waals surface area contributed by atoms with Crippen molar-refractivity contribution in [1.82, 2.24) is 15.2 Å². The Bertz CT molecular complexity index is 1150. The van der Waals surface area contributed by atoms with Gasteiger partial charge < -0.3 is 25.8 Å². The van der Waals surface area contributed by atoms with Crippen LogP contribution >= 0.6 is 11.3 Å². The van der Waals surface area contributed by atoms with Crippen LogP contribution in [0.2, 0.25) is 0 Å². The third-order valence-electron chi connectivity index (χ3n) is 7.78. The number of likely N-dealkylation sites (N-methyl/N-ethyl adjacent to an activating group) is 1. The molecule has 42 heavy (non-hydrogen) atoms. The Morgan fingerprint density at radius 2 is 1.83 bits per heavy atom. The molecular weight excluding hydrogens is 552 g/mol. The number of hydrogen-bond acceptors (Lipinski definition) is 7. The molecule has 0 bridgehead atoms. The maximum absolute atomic E-state index is 13.3. The van der Waals surface area contributed by atoms with Crippen molar-refractivity contribution in [1.29, 1.82) is 0 Å². The van der Waals surface area contributed by atoms with E-state index >= 15 is 0 Å². The average molecular weight is 601 g/mol. The van der Waals surface area contributed by atoms with Gasteiger partial charge in [-0.2, -0.15) is 0 Å². The van der Waals surface area contributed by atoms with Crippen molar-refractivity contribution >= 4 is 29.1 Å². The Morgan fingerprint density at radius 3 is 2.40 bits per heavy atom. The zero-order valence-electron chi connectivity index (χ0n) is 25.8. The monoisotopic (exact) mass is 600 g/mol. The number of carboxylic acid groups (broad SMARTS) is 1. The lowest BCUT2D eigenvalue weighted by Crippen LogP contribution is -2.51. The number of carbonyl (C=O) groups excluding carboxylic acids is 2. The second-order valence-electron chi connectivity index (χ2n) is 11.4. The van der Waals surface area contributed by atoms with Gasteiger partial charge in [0.15, 0.2) is 0 Å². The van der Waals surface area contributed by atoms with Crippen LogP contribution in [0.25, 0.3) is 0 Å². The summed E-state index contributed by atoms with van der Waals surface area (Å²) in [5.41, 5.74) is 7.53. The van der Waals surface area contributed by atoms with Crippen molar-refractivity contribution < 1.29 is 24.2 Å². The van der Waals surface area contributed by atoms with E-state index in [-0.39, 0.29) is 54.5 Å². The summed E-state index contributed by atoms with van der Waals surface area (Å²) in [6.45, 7) is 13.8. The summed E-state index contributed by atoms with van der Waals surface area (Å²) < 4.78 is 6.11. The van der Waals surface area contributed by atoms with Gasteiger partial charge >= 0.3 is 5.97 Å². The molecule has 2 unspecified atom stereocenters. The van der Waals surface area contributed by atoms with E-state index in [1.165, 1.54) is 11.3 Å². The molecule has 0 aliphatic rings. The molecule has 9 nitrogen and oxygen atoms in total. The Kier molecular flexibility index (Phi) is 14.3. The van der Waals surface area contributed by atoms with E-state index in [2.05, 4.69) is 30.7 Å². The van der Waals surface area contributed by atoms with Gasteiger partial charge in [0, 0.05) is 30.9 Å². The van der Waals surface area contributed by atoms with Crippen LogP contribution in [0.15, 0.2) is 48.4 Å². The fourth-order valence-electron chi connectivity index (χ4n) is 4.84. The molecule has 1 heterocycles. The Balaban J connectivity index is 2.25. The molecular formula is C32H48N4O5S. The van der Waals surface area contributed by atoms with Gasteiger partial charge in [0.05, 0.1) is 18.6 Å². The Hall–Kier alpha value is -3.08. The number of nitrogens with zero attached hydrogens (tertiary/aromatic N) is 2. The number of rotatable bonds is 18. The van der Waals surface area contributed by atoms with E-state index in [9.17, 15) is 19.5 Å². The molecule has 1 aromatic carbocycles. The van der Waals surface area contributed by atoms with Crippen molar-refractivity contribution in [3.05, 3.63) is 64.6 Å². The summed E-state index contributed by atoms with van der Waals surface area (Å²) in [5.74, 6) is -1.83. The van der Waals surface area contributed by atoms with Crippen LogP contribution < -0.4 is 11.1 Å². The van der Waals surface area contributed by atoms with E-state index in [0.29, 0.717) is 17.8 Å². The Labute approximate surface area is 254 Å². The predicted molar refractivity (Wildman–Crippen MR) is 167 cm³/mol. The second kappa shape index (κ2) is 17.1. The summed E-state index contributed by atoms with van der Waals surface area (Å²) in [6.07, 6.45) is 3.26. The van der Waals surface area contributed by atoms with Gasteiger partial charge in [-0.25, -0.2) is 4.98 Å². The number of carboxylic acids is 1. The zero-order chi connectivity index (χ0) is 31.4. The highest BCUT2D eigenvalue weighted by atomic mass is 32.1. The van der Waals surface area contributed by atoms with Gasteiger partial charge in [0.25, 0.3) is 5.91 Å². The van der Waals surface area contributed by atoms with E-state index in [4.69, 9.17) is 10.5 Å². The molecule has 2 rings (SSSR count). The number of amides is 2. The van der Waals surface area contributed by atoms with Crippen molar-refractivity contribution in [2.45, 2.75) is 84.5 Å². The molecule has 232 valence electrons. The molecule has 2 amide bonds. The van der Waals surface area contributed by atoms with E-state index < -0.39 is 24.0 Å². The van der Waals surface area contributed by atoms with Gasteiger partial charge in [-0.1, -0.05) is 77.4 Å². The van der Waals surface area contributed by atoms with Crippen molar-refractivity contribution in [2.24, 2.45) is 23.5 Å². The first-order valence-electron chi connectivity index (χ1n) is 14.7. The molecule has 6 atom stereocenters. The Morgan fingerprint density at radius 1 is 1.17 bits per heavy atom. The fraction of sp³-hybridized carbons (Fsp3) is 0.562. The molecule has 0 fully saturated rings. The molecule has 0 aliphatic carbocycles. The molecule has 0 spiro atoms. The standard InChI is InChI=1S/C32H48N4O5S/c1-8-15-41-27(18-26(20(3)4)36(7)31(38)28(33)21(5)9-2)30-35-25(19-42-30)29(37)34-24(16-22(6)32(39)40)17-23-13-11-10-12-14-23/h8,10-14,19-22,24,26-28H,1,9,15-18,33H2,2-7H3,(H,34,37)(H,39,40)/t21-,22?,24?,26+,27+,28-/m0/s1. The van der Waals surface area contributed by atoms with Crippen molar-refractivity contribution in [3.8, 4) is 0 Å². The SMILES string of the molecule is C=CCO[C@H](C[C@H](C(C)C)N(C)C(=O)[C@@H](N)[C@@H](C)CC)c1nc(C(=O)NC(Cc2ccccc2)CC(C)C(=O)O)cs1. The molecule has 1 aromatic heterocycles. The van der Waals surface area contributed by atoms with Crippen molar-refractivity contribution in [2.75, 3.05) is 13.7 Å². The van der Waals surface area contributed by atoms with Crippen molar-refractivity contribution in [3.63, 3.8) is 0 Å². The normalized spacial score (nSPS) is 15.7. The number of nitrogens with two attached hydrogens (primary N) is 1. The minimum Gasteiger partial charge on any atom is -0.481 e. The number of ether oxygens (including phenoxy) is 1. The van der Waals surface area contributed by atoms with Crippen LogP contribution in [0.5, 0.6) is 0 Å². The quantitative estimate of drug-likeness (QED) is 0.203. The lowest BCUT2D eigenvalue weighted by Gasteiger charge is -2.36. The third kappa shape index (κ3) is 10.3. The van der Waals surface area contributed by atoms with Crippen LogP contribution in [0.1, 0.15) is 81.0 Å². The lowest BCUT2D eigenvalue weighted by molar-refractivity contribution is -0.141. The minimum absolute atomic E-state index is 0.0600. The zero-order valence-corrected chi connectivity index (χ0v) is 26.6.